The average Bonchev–Trinajstić information content (AvgIpc) is 1.88. The van der Waals surface area contributed by atoms with Crippen molar-refractivity contribution < 1.29 is 0 Å². The van der Waals surface area contributed by atoms with Crippen LogP contribution in [-0.2, 0) is 0 Å². The third kappa shape index (κ3) is 1.98. The number of hydrogen-bond acceptors (Lipinski definition) is 1. The Kier molecular flexibility index (Phi) is 2.67. The lowest BCUT2D eigenvalue weighted by molar-refractivity contribution is 0.393. The predicted octanol–water partition coefficient (Wildman–Crippen LogP) is 0.343. The summed E-state index contributed by atoms with van der Waals surface area (Å²) >= 11 is 0. The van der Waals surface area contributed by atoms with E-state index >= 15 is 0 Å². The number of nitrogens with two attached hydrogens (primary N) is 1. The van der Waals surface area contributed by atoms with Crippen LogP contribution in [0.4, 0.5) is 0 Å². The second-order valence-corrected chi connectivity index (χ2v) is 3.02. The molecule has 10 heavy (non-hydrogen) atoms. The number of rotatable bonds is 1. The van der Waals surface area contributed by atoms with Crippen molar-refractivity contribution >= 4 is 12.9 Å². The highest BCUT2D eigenvalue weighted by Gasteiger charge is 2.20. The molecule has 0 bridgehead atoms. The molecule has 2 N–H and O–H groups in total. The lowest BCUT2D eigenvalue weighted by atomic mass is 9.87. The van der Waals surface area contributed by atoms with Gasteiger partial charge in [-0.15, -0.1) is 4.67 Å². The van der Waals surface area contributed by atoms with Crippen LogP contribution in [0.3, 0.4) is 0 Å². The van der Waals surface area contributed by atoms with Crippen molar-refractivity contribution in [1.29, 1.82) is 0 Å². The number of hydrogen-bond donors (Lipinski definition) is 1. The third-order valence-corrected chi connectivity index (χ3v) is 2.07. The first-order valence-electron chi connectivity index (χ1n) is 3.87. The van der Waals surface area contributed by atoms with Gasteiger partial charge in [0.15, 0.2) is 0 Å². The van der Waals surface area contributed by atoms with E-state index in [2.05, 4.69) is 11.4 Å². The minimum Gasteiger partial charge on any atom is -0.328 e. The van der Waals surface area contributed by atoms with Crippen LogP contribution in [-0.4, -0.2) is 19.0 Å². The Hall–Kier alpha value is -0.590. The molecular weight excluding hydrogens is 124 g/mol. The topological polar surface area (TPSA) is 40.1 Å². The molecule has 56 valence electrons. The lowest BCUT2D eigenvalue weighted by Crippen LogP contribution is -2.28. The molecule has 2 unspecified atom stereocenters. The molecular formula is C8H15N2+. The Labute approximate surface area is 61.9 Å². The summed E-state index contributed by atoms with van der Waals surface area (Å²) in [7, 11) is 0. The molecule has 2 nitrogen and oxygen atoms in total. The van der Waals surface area contributed by atoms with Crippen LogP contribution in [0.1, 0.15) is 25.7 Å². The van der Waals surface area contributed by atoms with Crippen LogP contribution in [0, 0.1) is 5.92 Å². The van der Waals surface area contributed by atoms with E-state index in [1.54, 1.807) is 0 Å². The fraction of sp³-hybridized carbons (Fsp3) is 0.750. The van der Waals surface area contributed by atoms with E-state index < -0.39 is 0 Å². The van der Waals surface area contributed by atoms with Crippen LogP contribution >= 0.6 is 0 Å². The van der Waals surface area contributed by atoms with E-state index in [9.17, 15) is 0 Å². The van der Waals surface area contributed by atoms with Crippen LogP contribution in [0.15, 0.2) is 0 Å². The third-order valence-electron chi connectivity index (χ3n) is 2.07. The summed E-state index contributed by atoms with van der Waals surface area (Å²) in [6.07, 6.45) is 6.70. The van der Waals surface area contributed by atoms with Gasteiger partial charge in [-0.3, -0.25) is 0 Å². The first-order valence-corrected chi connectivity index (χ1v) is 3.87. The summed E-state index contributed by atoms with van der Waals surface area (Å²) in [5, 5.41) is 0. The van der Waals surface area contributed by atoms with Crippen molar-refractivity contribution in [2.45, 2.75) is 31.7 Å². The summed E-state index contributed by atoms with van der Waals surface area (Å²) in [5.41, 5.74) is 5.77. The second-order valence-electron chi connectivity index (χ2n) is 3.02. The van der Waals surface area contributed by atoms with Gasteiger partial charge in [0.25, 0.3) is 12.9 Å². The smallest absolute Gasteiger partial charge is 0.271 e. The zero-order valence-electron chi connectivity index (χ0n) is 6.29. The van der Waals surface area contributed by atoms with Gasteiger partial charge in [0.05, 0.1) is 5.92 Å². The van der Waals surface area contributed by atoms with Crippen LogP contribution in [0.5, 0.6) is 0 Å². The molecule has 1 aliphatic carbocycles. The Morgan fingerprint density at radius 1 is 1.50 bits per heavy atom. The lowest BCUT2D eigenvalue weighted by Gasteiger charge is -2.20. The van der Waals surface area contributed by atoms with Gasteiger partial charge in [0.1, 0.15) is 0 Å². The molecule has 1 fully saturated rings. The van der Waals surface area contributed by atoms with Gasteiger partial charge in [-0.2, -0.15) is 0 Å². The first kappa shape index (κ1) is 7.52. The minimum atomic E-state index is 0.400. The zero-order chi connectivity index (χ0) is 7.40. The highest BCUT2D eigenvalue weighted by Crippen LogP contribution is 2.20. The molecule has 1 rings (SSSR count). The van der Waals surface area contributed by atoms with E-state index in [-0.39, 0.29) is 0 Å². The van der Waals surface area contributed by atoms with Gasteiger partial charge >= 0.3 is 0 Å². The Bertz CT molecular complexity index is 147. The van der Waals surface area contributed by atoms with Gasteiger partial charge in [-0.25, -0.2) is 0 Å². The van der Waals surface area contributed by atoms with Crippen LogP contribution < -0.4 is 10.4 Å². The van der Waals surface area contributed by atoms with Crippen molar-refractivity contribution in [3.8, 4) is 0 Å². The summed E-state index contributed by atoms with van der Waals surface area (Å²) in [6, 6.07) is 0.400. The maximum Gasteiger partial charge on any atom is 0.271 e. The van der Waals surface area contributed by atoms with E-state index in [4.69, 9.17) is 5.73 Å². The minimum absolute atomic E-state index is 0.400. The van der Waals surface area contributed by atoms with E-state index in [1.807, 2.05) is 6.21 Å². The molecule has 2 heteroatoms. The molecule has 0 aliphatic heterocycles. The van der Waals surface area contributed by atoms with E-state index in [1.165, 1.54) is 19.3 Å². The summed E-state index contributed by atoms with van der Waals surface area (Å²) in [6.45, 7) is 3.43. The fourth-order valence-electron chi connectivity index (χ4n) is 1.55. The second kappa shape index (κ2) is 3.55. The summed E-state index contributed by atoms with van der Waals surface area (Å²) in [5.74, 6) is 0.598. The molecule has 1 aliphatic rings. The van der Waals surface area contributed by atoms with E-state index in [0.717, 1.165) is 6.42 Å². The summed E-state index contributed by atoms with van der Waals surface area (Å²) in [4.78, 5) is 0. The van der Waals surface area contributed by atoms with Crippen molar-refractivity contribution in [2.24, 2.45) is 11.7 Å². The van der Waals surface area contributed by atoms with Crippen LogP contribution in [0.25, 0.3) is 0 Å². The first-order chi connectivity index (χ1) is 4.83. The molecule has 1 saturated carbocycles. The summed E-state index contributed by atoms with van der Waals surface area (Å²) < 4.78 is 3.76. The van der Waals surface area contributed by atoms with Crippen molar-refractivity contribution in [3.63, 3.8) is 0 Å². The predicted molar refractivity (Wildman–Crippen MR) is 45.3 cm³/mol. The Morgan fingerprint density at radius 2 is 2.30 bits per heavy atom. The highest BCUT2D eigenvalue weighted by molar-refractivity contribution is 5.61. The molecule has 0 aromatic rings. The molecule has 0 aromatic carbocycles. The van der Waals surface area contributed by atoms with Crippen molar-refractivity contribution in [3.05, 3.63) is 0 Å². The highest BCUT2D eigenvalue weighted by atomic mass is 14.6. The largest absolute Gasteiger partial charge is 0.328 e. The maximum absolute atomic E-state index is 5.77. The van der Waals surface area contributed by atoms with Gasteiger partial charge < -0.3 is 5.73 Å². The molecule has 0 saturated heterocycles. The van der Waals surface area contributed by atoms with Gasteiger partial charge in [-0.05, 0) is 19.3 Å². The Balaban J connectivity index is 2.39. The monoisotopic (exact) mass is 139 g/mol. The van der Waals surface area contributed by atoms with Crippen molar-refractivity contribution in [1.82, 2.24) is 4.67 Å². The molecule has 0 spiro atoms. The van der Waals surface area contributed by atoms with Gasteiger partial charge in [0, 0.05) is 6.04 Å². The fourth-order valence-corrected chi connectivity index (χ4v) is 1.55. The quantitative estimate of drug-likeness (QED) is 0.413. The van der Waals surface area contributed by atoms with Crippen LogP contribution in [0.2, 0.25) is 0 Å². The molecule has 0 amide bonds. The standard InChI is InChI=1S/C8H15N2/c1-10-6-7-3-2-4-8(9)5-7/h6-8H,1-5,9H2/q+1. The molecule has 0 radical (unpaired) electrons. The average molecular weight is 139 g/mol. The Morgan fingerprint density at radius 3 is 2.90 bits per heavy atom. The SMILES string of the molecule is C=[N+]=CC1CCCC(N)C1. The zero-order valence-corrected chi connectivity index (χ0v) is 6.29. The molecule has 0 heterocycles. The van der Waals surface area contributed by atoms with Crippen molar-refractivity contribution in [2.75, 3.05) is 0 Å². The molecule has 2 atom stereocenters. The van der Waals surface area contributed by atoms with E-state index in [0.29, 0.717) is 12.0 Å². The molecule has 0 aromatic heterocycles. The number of nitrogens with zero attached hydrogens (tertiary/aromatic N) is 1. The normalized spacial score (nSPS) is 32.9. The maximum atomic E-state index is 5.77. The van der Waals surface area contributed by atoms with Gasteiger partial charge in [0.2, 0.25) is 0 Å². The van der Waals surface area contributed by atoms with Gasteiger partial charge in [-0.1, -0.05) is 6.42 Å².